The molecular weight excluding hydrogens is 104 g/mol. The highest BCUT2D eigenvalue weighted by molar-refractivity contribution is 5.75. The molecule has 1 aromatic heterocycles. The van der Waals surface area contributed by atoms with E-state index in [-0.39, 0.29) is 11.0 Å². The van der Waals surface area contributed by atoms with Crippen LogP contribution >= 0.6 is 0 Å². The van der Waals surface area contributed by atoms with Crippen molar-refractivity contribution >= 4 is 11.0 Å². The summed E-state index contributed by atoms with van der Waals surface area (Å²) < 4.78 is 1.89. The van der Waals surface area contributed by atoms with Crippen molar-refractivity contribution in [3.05, 3.63) is 18.7 Å². The predicted octanol–water partition coefficient (Wildman–Crippen LogP) is -1.03. The normalized spacial score (nSPS) is 7.57. The van der Waals surface area contributed by atoms with Gasteiger partial charge in [0.15, 0.2) is 0 Å². The lowest BCUT2D eigenvalue weighted by Crippen LogP contribution is -1.76. The molecule has 1 aromatic rings. The molecule has 0 bridgehead atoms. The van der Waals surface area contributed by atoms with E-state index in [1.54, 1.807) is 12.5 Å². The van der Waals surface area contributed by atoms with Gasteiger partial charge in [-0.1, -0.05) is 0 Å². The quantitative estimate of drug-likeness (QED) is 0.394. The standard InChI is InChI=1S/C4H6N2.H4Si/c1-6-3-2-5-4-6;/h2-4H,1H3;1H4. The summed E-state index contributed by atoms with van der Waals surface area (Å²) >= 11 is 0. The third-order valence-corrected chi connectivity index (χ3v) is 0.637. The number of rotatable bonds is 0. The molecule has 0 spiro atoms. The lowest BCUT2D eigenvalue weighted by molar-refractivity contribution is 0.913. The van der Waals surface area contributed by atoms with Crippen molar-refractivity contribution in [1.82, 2.24) is 9.55 Å². The number of aromatic nitrogens is 2. The minimum Gasteiger partial charge on any atom is -0.341 e. The van der Waals surface area contributed by atoms with Crippen LogP contribution in [0.1, 0.15) is 0 Å². The van der Waals surface area contributed by atoms with Crippen LogP contribution in [-0.4, -0.2) is 20.5 Å². The summed E-state index contributed by atoms with van der Waals surface area (Å²) in [5.41, 5.74) is 0. The topological polar surface area (TPSA) is 17.8 Å². The van der Waals surface area contributed by atoms with Crippen LogP contribution in [0.25, 0.3) is 0 Å². The van der Waals surface area contributed by atoms with Crippen LogP contribution in [0.4, 0.5) is 0 Å². The Bertz CT molecular complexity index is 113. The number of nitrogens with zero attached hydrogens (tertiary/aromatic N) is 2. The highest BCUT2D eigenvalue weighted by atomic mass is 28.1. The van der Waals surface area contributed by atoms with Gasteiger partial charge in [-0.3, -0.25) is 0 Å². The first kappa shape index (κ1) is 6.43. The third kappa shape index (κ3) is 1.54. The smallest absolute Gasteiger partial charge is 0.0943 e. The molecule has 0 atom stereocenters. The van der Waals surface area contributed by atoms with Gasteiger partial charge >= 0.3 is 0 Å². The predicted molar refractivity (Wildman–Crippen MR) is 34.5 cm³/mol. The van der Waals surface area contributed by atoms with E-state index in [1.165, 1.54) is 0 Å². The van der Waals surface area contributed by atoms with E-state index in [1.807, 2.05) is 17.8 Å². The summed E-state index contributed by atoms with van der Waals surface area (Å²) in [6.45, 7) is 0. The Morgan fingerprint density at radius 2 is 2.29 bits per heavy atom. The van der Waals surface area contributed by atoms with Gasteiger partial charge in [0.1, 0.15) is 0 Å². The summed E-state index contributed by atoms with van der Waals surface area (Å²) in [7, 11) is 1.94. The van der Waals surface area contributed by atoms with Gasteiger partial charge in [-0.05, 0) is 11.0 Å². The molecule has 0 radical (unpaired) electrons. The maximum Gasteiger partial charge on any atom is 0.0943 e. The summed E-state index contributed by atoms with van der Waals surface area (Å²) in [5.74, 6) is 0. The molecule has 2 nitrogen and oxygen atoms in total. The van der Waals surface area contributed by atoms with Crippen molar-refractivity contribution in [3.63, 3.8) is 0 Å². The molecule has 7 heavy (non-hydrogen) atoms. The van der Waals surface area contributed by atoms with Crippen LogP contribution < -0.4 is 0 Å². The van der Waals surface area contributed by atoms with Crippen LogP contribution in [0, 0.1) is 0 Å². The highest BCUT2D eigenvalue weighted by Gasteiger charge is 1.69. The first-order valence-corrected chi connectivity index (χ1v) is 1.81. The average Bonchev–Trinajstić information content (AvgIpc) is 1.86. The Hall–Kier alpha value is -0.573. The molecule has 0 aliphatic rings. The van der Waals surface area contributed by atoms with Crippen LogP contribution in [-0.2, 0) is 7.05 Å². The third-order valence-electron chi connectivity index (χ3n) is 0.637. The fourth-order valence-corrected chi connectivity index (χ4v) is 0.326. The lowest BCUT2D eigenvalue weighted by Gasteiger charge is -1.76. The van der Waals surface area contributed by atoms with E-state index in [0.29, 0.717) is 0 Å². The van der Waals surface area contributed by atoms with Gasteiger partial charge < -0.3 is 4.57 Å². The summed E-state index contributed by atoms with van der Waals surface area (Å²) in [4.78, 5) is 3.78. The van der Waals surface area contributed by atoms with Crippen molar-refractivity contribution in [3.8, 4) is 0 Å². The Morgan fingerprint density at radius 1 is 1.57 bits per heavy atom. The van der Waals surface area contributed by atoms with Gasteiger partial charge in [-0.2, -0.15) is 0 Å². The van der Waals surface area contributed by atoms with Crippen molar-refractivity contribution in [2.45, 2.75) is 0 Å². The van der Waals surface area contributed by atoms with E-state index in [2.05, 4.69) is 4.98 Å². The maximum atomic E-state index is 3.78. The molecule has 0 aromatic carbocycles. The van der Waals surface area contributed by atoms with Crippen molar-refractivity contribution < 1.29 is 0 Å². The zero-order valence-corrected chi connectivity index (χ0v) is 3.63. The number of aryl methyl sites for hydroxylation is 1. The van der Waals surface area contributed by atoms with E-state index in [0.717, 1.165) is 0 Å². The molecule has 1 rings (SSSR count). The van der Waals surface area contributed by atoms with Crippen LogP contribution in [0.3, 0.4) is 0 Å². The first-order chi connectivity index (χ1) is 2.89. The summed E-state index contributed by atoms with van der Waals surface area (Å²) in [6, 6.07) is 0. The SMILES string of the molecule is Cn1ccnc1.[SiH4]. The van der Waals surface area contributed by atoms with Gasteiger partial charge in [0.25, 0.3) is 0 Å². The summed E-state index contributed by atoms with van der Waals surface area (Å²) in [6.07, 6.45) is 5.39. The molecule has 0 unspecified atom stereocenters. The Kier molecular flexibility index (Phi) is 2.36. The van der Waals surface area contributed by atoms with Gasteiger partial charge in [0.2, 0.25) is 0 Å². The van der Waals surface area contributed by atoms with Crippen LogP contribution in [0.2, 0.25) is 0 Å². The number of imidazole rings is 1. The average molecular weight is 114 g/mol. The second-order valence-electron chi connectivity index (χ2n) is 1.23. The Morgan fingerprint density at radius 3 is 2.43 bits per heavy atom. The minimum absolute atomic E-state index is 0. The molecule has 0 amide bonds. The molecule has 0 aliphatic carbocycles. The van der Waals surface area contributed by atoms with Crippen LogP contribution in [0.15, 0.2) is 18.7 Å². The molecule has 0 saturated carbocycles. The zero-order chi connectivity index (χ0) is 4.41. The van der Waals surface area contributed by atoms with Crippen molar-refractivity contribution in [2.75, 3.05) is 0 Å². The molecule has 0 fully saturated rings. The van der Waals surface area contributed by atoms with E-state index in [9.17, 15) is 0 Å². The first-order valence-electron chi connectivity index (χ1n) is 1.81. The Balaban J connectivity index is 0.000000360. The molecule has 1 heterocycles. The lowest BCUT2D eigenvalue weighted by atomic mass is 10.9. The second-order valence-corrected chi connectivity index (χ2v) is 1.23. The molecule has 3 heteroatoms. The maximum absolute atomic E-state index is 3.78. The molecular formula is C4H10N2Si. The molecule has 40 valence electrons. The fraction of sp³-hybridized carbons (Fsp3) is 0.250. The largest absolute Gasteiger partial charge is 0.341 e. The van der Waals surface area contributed by atoms with Crippen molar-refractivity contribution in [2.24, 2.45) is 7.05 Å². The highest BCUT2D eigenvalue weighted by Crippen LogP contribution is 1.73. The van der Waals surface area contributed by atoms with E-state index < -0.39 is 0 Å². The minimum atomic E-state index is 0. The number of hydrogen-bond donors (Lipinski definition) is 0. The Labute approximate surface area is 47.2 Å². The van der Waals surface area contributed by atoms with Gasteiger partial charge in [-0.15, -0.1) is 0 Å². The van der Waals surface area contributed by atoms with Crippen molar-refractivity contribution in [1.29, 1.82) is 0 Å². The summed E-state index contributed by atoms with van der Waals surface area (Å²) in [5, 5.41) is 0. The monoisotopic (exact) mass is 114 g/mol. The van der Waals surface area contributed by atoms with Crippen LogP contribution in [0.5, 0.6) is 0 Å². The molecule has 0 N–H and O–H groups in total. The number of hydrogen-bond acceptors (Lipinski definition) is 1. The molecule has 0 saturated heterocycles. The second kappa shape index (κ2) is 2.57. The fourth-order valence-electron chi connectivity index (χ4n) is 0.326. The van der Waals surface area contributed by atoms with Gasteiger partial charge in [0.05, 0.1) is 6.33 Å². The molecule has 0 aliphatic heterocycles. The van der Waals surface area contributed by atoms with Gasteiger partial charge in [-0.25, -0.2) is 4.98 Å². The zero-order valence-electron chi connectivity index (χ0n) is 3.63. The van der Waals surface area contributed by atoms with E-state index >= 15 is 0 Å². The van der Waals surface area contributed by atoms with Gasteiger partial charge in [0, 0.05) is 19.4 Å². The van der Waals surface area contributed by atoms with E-state index in [4.69, 9.17) is 0 Å².